The third kappa shape index (κ3) is 5.86. The highest BCUT2D eigenvalue weighted by Gasteiger charge is 2.25. The van der Waals surface area contributed by atoms with Gasteiger partial charge in [-0.05, 0) is 108 Å². The quantitative estimate of drug-likeness (QED) is 0.213. The normalized spacial score (nSPS) is 17.6. The molecule has 0 spiro atoms. The summed E-state index contributed by atoms with van der Waals surface area (Å²) in [7, 11) is 0. The molecular formula is C34H34N4O2. The molecule has 0 heterocycles. The first kappa shape index (κ1) is 25.7. The Balaban J connectivity index is 1.21. The zero-order chi connectivity index (χ0) is 27.3. The monoisotopic (exact) mass is 530 g/mol. The van der Waals surface area contributed by atoms with Gasteiger partial charge in [0.2, 0.25) is 0 Å². The summed E-state index contributed by atoms with van der Waals surface area (Å²) in [6, 6.07) is 31.8. The molecule has 2 aliphatic carbocycles. The first-order chi connectivity index (χ1) is 19.6. The third-order valence-electron chi connectivity index (χ3n) is 7.93. The average Bonchev–Trinajstić information content (AvgIpc) is 2.98. The second kappa shape index (κ2) is 11.7. The van der Waals surface area contributed by atoms with E-state index in [0.29, 0.717) is 0 Å². The topological polar surface area (TPSA) is 82.3 Å². The summed E-state index contributed by atoms with van der Waals surface area (Å²) in [5.41, 5.74) is 8.74. The molecule has 4 amide bonds. The number of amides is 4. The highest BCUT2D eigenvalue weighted by molar-refractivity contribution is 5.90. The van der Waals surface area contributed by atoms with Gasteiger partial charge in [0, 0.05) is 11.4 Å². The molecule has 4 N–H and O–H groups in total. The van der Waals surface area contributed by atoms with Gasteiger partial charge in [-0.1, -0.05) is 60.7 Å². The number of carbonyl (C=O) groups is 2. The van der Waals surface area contributed by atoms with E-state index in [1.165, 1.54) is 22.3 Å². The summed E-state index contributed by atoms with van der Waals surface area (Å²) in [4.78, 5) is 25.6. The van der Waals surface area contributed by atoms with E-state index in [1.54, 1.807) is 0 Å². The van der Waals surface area contributed by atoms with E-state index in [2.05, 4.69) is 57.7 Å². The van der Waals surface area contributed by atoms with Crippen LogP contribution in [0, 0.1) is 0 Å². The summed E-state index contributed by atoms with van der Waals surface area (Å²) < 4.78 is 0. The van der Waals surface area contributed by atoms with E-state index >= 15 is 0 Å². The molecule has 0 bridgehead atoms. The Morgan fingerprint density at radius 2 is 0.975 bits per heavy atom. The smallest absolute Gasteiger partial charge is 0.319 e. The number of benzene rings is 4. The van der Waals surface area contributed by atoms with Gasteiger partial charge in [0.05, 0.1) is 12.1 Å². The van der Waals surface area contributed by atoms with Gasteiger partial charge >= 0.3 is 12.1 Å². The molecule has 2 unspecified atom stereocenters. The van der Waals surface area contributed by atoms with Crippen LogP contribution in [0.5, 0.6) is 0 Å². The summed E-state index contributed by atoms with van der Waals surface area (Å²) in [5.74, 6) is 0. The second-order valence-electron chi connectivity index (χ2n) is 10.6. The van der Waals surface area contributed by atoms with Crippen molar-refractivity contribution in [2.75, 3.05) is 10.6 Å². The SMILES string of the molecule is O=C(Nc1ccccc1)NC1CCCc2ccc(-c3ccc4c(c3)C(NC(=O)Nc3ccccc3)CCC4)cc21. The number of aryl methyl sites for hydroxylation is 2. The maximum Gasteiger partial charge on any atom is 0.319 e. The molecule has 0 aromatic heterocycles. The lowest BCUT2D eigenvalue weighted by Gasteiger charge is -2.28. The molecule has 4 aromatic rings. The molecule has 0 saturated heterocycles. The third-order valence-corrected chi connectivity index (χ3v) is 7.93. The van der Waals surface area contributed by atoms with Crippen molar-refractivity contribution in [3.63, 3.8) is 0 Å². The fourth-order valence-corrected chi connectivity index (χ4v) is 5.95. The van der Waals surface area contributed by atoms with Crippen molar-refractivity contribution >= 4 is 23.4 Å². The lowest BCUT2D eigenvalue weighted by Crippen LogP contribution is -2.34. The van der Waals surface area contributed by atoms with E-state index < -0.39 is 0 Å². The highest BCUT2D eigenvalue weighted by Crippen LogP contribution is 2.36. The Bertz CT molecular complexity index is 1390. The first-order valence-corrected chi connectivity index (χ1v) is 14.1. The van der Waals surface area contributed by atoms with Crippen LogP contribution in [0.2, 0.25) is 0 Å². The van der Waals surface area contributed by atoms with Gasteiger partial charge in [-0.25, -0.2) is 9.59 Å². The molecule has 2 atom stereocenters. The van der Waals surface area contributed by atoms with Crippen molar-refractivity contribution < 1.29 is 9.59 Å². The molecule has 4 aromatic carbocycles. The minimum atomic E-state index is -0.189. The summed E-state index contributed by atoms with van der Waals surface area (Å²) in [5, 5.41) is 12.3. The minimum Gasteiger partial charge on any atom is -0.331 e. The molecule has 0 aliphatic heterocycles. The van der Waals surface area contributed by atoms with Crippen molar-refractivity contribution in [1.29, 1.82) is 0 Å². The van der Waals surface area contributed by atoms with Crippen LogP contribution >= 0.6 is 0 Å². The van der Waals surface area contributed by atoms with Gasteiger partial charge in [-0.2, -0.15) is 0 Å². The number of hydrogen-bond donors (Lipinski definition) is 4. The minimum absolute atomic E-state index is 0.0406. The lowest BCUT2D eigenvalue weighted by molar-refractivity contribution is 0.246. The molecular weight excluding hydrogens is 496 g/mol. The Kier molecular flexibility index (Phi) is 7.49. The van der Waals surface area contributed by atoms with Crippen LogP contribution in [0.4, 0.5) is 21.0 Å². The number of urea groups is 2. The van der Waals surface area contributed by atoms with Crippen LogP contribution in [0.1, 0.15) is 60.0 Å². The molecule has 6 rings (SSSR count). The zero-order valence-electron chi connectivity index (χ0n) is 22.5. The number of anilines is 2. The molecule has 0 saturated carbocycles. The standard InChI is InChI=1S/C34H34N4O2/c39-33(35-27-11-3-1-4-12-27)37-31-15-7-9-23-17-19-25(21-29(23)31)26-20-18-24-10-8-16-32(30(24)22-26)38-34(40)36-28-13-5-2-6-14-28/h1-6,11-14,17-22,31-32H,7-10,15-16H2,(H2,35,37,39)(H2,36,38,40). The predicted octanol–water partition coefficient (Wildman–Crippen LogP) is 7.75. The van der Waals surface area contributed by atoms with E-state index in [0.717, 1.165) is 61.0 Å². The van der Waals surface area contributed by atoms with Crippen molar-refractivity contribution in [2.45, 2.75) is 50.6 Å². The fraction of sp³-hybridized carbons (Fsp3) is 0.235. The summed E-state index contributed by atoms with van der Waals surface area (Å²) in [6.45, 7) is 0. The number of rotatable bonds is 5. The fourth-order valence-electron chi connectivity index (χ4n) is 5.95. The average molecular weight is 531 g/mol. The maximum absolute atomic E-state index is 12.8. The van der Waals surface area contributed by atoms with Crippen molar-refractivity contribution in [2.24, 2.45) is 0 Å². The molecule has 202 valence electrons. The van der Waals surface area contributed by atoms with Crippen LogP contribution in [0.25, 0.3) is 11.1 Å². The Labute approximate surface area is 235 Å². The predicted molar refractivity (Wildman–Crippen MR) is 160 cm³/mol. The number of carbonyl (C=O) groups excluding carboxylic acids is 2. The zero-order valence-corrected chi connectivity index (χ0v) is 22.5. The van der Waals surface area contributed by atoms with Crippen LogP contribution in [0.3, 0.4) is 0 Å². The van der Waals surface area contributed by atoms with Gasteiger partial charge in [-0.3, -0.25) is 0 Å². The molecule has 2 aliphatic rings. The van der Waals surface area contributed by atoms with Crippen molar-refractivity contribution in [3.05, 3.63) is 119 Å². The maximum atomic E-state index is 12.8. The van der Waals surface area contributed by atoms with E-state index in [1.807, 2.05) is 60.7 Å². The van der Waals surface area contributed by atoms with Crippen LogP contribution in [-0.4, -0.2) is 12.1 Å². The molecule has 6 nitrogen and oxygen atoms in total. The van der Waals surface area contributed by atoms with Crippen molar-refractivity contribution in [3.8, 4) is 11.1 Å². The number of fused-ring (bicyclic) bond motifs is 2. The van der Waals surface area contributed by atoms with Gasteiger partial charge in [-0.15, -0.1) is 0 Å². The summed E-state index contributed by atoms with van der Waals surface area (Å²) in [6.07, 6.45) is 5.93. The first-order valence-electron chi connectivity index (χ1n) is 14.1. The van der Waals surface area contributed by atoms with Crippen LogP contribution < -0.4 is 21.3 Å². The Morgan fingerprint density at radius 3 is 1.40 bits per heavy atom. The molecule has 40 heavy (non-hydrogen) atoms. The molecule has 0 fully saturated rings. The largest absolute Gasteiger partial charge is 0.331 e. The second-order valence-corrected chi connectivity index (χ2v) is 10.6. The van der Waals surface area contributed by atoms with Gasteiger partial charge in [0.25, 0.3) is 0 Å². The van der Waals surface area contributed by atoms with E-state index in [4.69, 9.17) is 0 Å². The van der Waals surface area contributed by atoms with Crippen LogP contribution in [-0.2, 0) is 12.8 Å². The number of hydrogen-bond acceptors (Lipinski definition) is 2. The number of nitrogens with one attached hydrogen (secondary N) is 4. The molecule has 6 heteroatoms. The van der Waals surface area contributed by atoms with E-state index in [9.17, 15) is 9.59 Å². The highest BCUT2D eigenvalue weighted by atomic mass is 16.2. The van der Waals surface area contributed by atoms with Gasteiger partial charge in [0.1, 0.15) is 0 Å². The van der Waals surface area contributed by atoms with Crippen LogP contribution in [0.15, 0.2) is 97.1 Å². The van der Waals surface area contributed by atoms with Gasteiger partial charge < -0.3 is 21.3 Å². The number of para-hydroxylation sites is 2. The molecule has 0 radical (unpaired) electrons. The summed E-state index contributed by atoms with van der Waals surface area (Å²) >= 11 is 0. The Morgan fingerprint density at radius 1 is 0.550 bits per heavy atom. The van der Waals surface area contributed by atoms with Crippen molar-refractivity contribution in [1.82, 2.24) is 10.6 Å². The Hall–Kier alpha value is -4.58. The van der Waals surface area contributed by atoms with Gasteiger partial charge in [0.15, 0.2) is 0 Å². The lowest BCUT2D eigenvalue weighted by atomic mass is 9.83. The van der Waals surface area contributed by atoms with E-state index in [-0.39, 0.29) is 24.1 Å².